The number of carbonyl (C=O) groups is 2. The summed E-state index contributed by atoms with van der Waals surface area (Å²) in [7, 11) is 0. The van der Waals surface area contributed by atoms with Crippen molar-refractivity contribution in [3.63, 3.8) is 0 Å². The van der Waals surface area contributed by atoms with Crippen LogP contribution in [0, 0.1) is 5.41 Å². The van der Waals surface area contributed by atoms with Gasteiger partial charge in [0.25, 0.3) is 0 Å². The van der Waals surface area contributed by atoms with Crippen LogP contribution in [0.3, 0.4) is 0 Å². The number of alkyl halides is 1. The molecule has 1 aliphatic carbocycles. The zero-order valence-electron chi connectivity index (χ0n) is 11.8. The number of esters is 1. The normalized spacial score (nSPS) is 20.6. The summed E-state index contributed by atoms with van der Waals surface area (Å²) in [6.45, 7) is 1.78. The molecule has 1 saturated heterocycles. The summed E-state index contributed by atoms with van der Waals surface area (Å²) in [5, 5.41) is 0. The minimum atomic E-state index is -0.952. The van der Waals surface area contributed by atoms with Crippen molar-refractivity contribution >= 4 is 23.7 Å². The molecular weight excluding hydrogens is 296 g/mol. The van der Waals surface area contributed by atoms with Crippen LogP contribution in [0.25, 0.3) is 0 Å². The minimum Gasteiger partial charge on any atom is -0.461 e. The third-order valence-corrected chi connectivity index (χ3v) is 3.61. The Hall–Kier alpha value is -1.75. The van der Waals surface area contributed by atoms with Gasteiger partial charge in [0.2, 0.25) is 0 Å². The molecule has 0 radical (unpaired) electrons. The molecule has 0 saturated carbocycles. The monoisotopic (exact) mass is 312 g/mol. The fraction of sp³-hybridized carbons (Fsp3) is 0.467. The Balaban J connectivity index is 1.89. The first-order valence-electron chi connectivity index (χ1n) is 6.61. The van der Waals surface area contributed by atoms with E-state index >= 15 is 0 Å². The molecule has 1 heterocycles. The molecular formula is C15H17ClO5. The summed E-state index contributed by atoms with van der Waals surface area (Å²) < 4.78 is 14.8. The van der Waals surface area contributed by atoms with Crippen molar-refractivity contribution in [1.29, 1.82) is 0 Å². The van der Waals surface area contributed by atoms with Gasteiger partial charge in [0.05, 0.1) is 0 Å². The number of allylic oxidation sites excluding steroid dienone is 5. The highest BCUT2D eigenvalue weighted by Crippen LogP contribution is 2.24. The summed E-state index contributed by atoms with van der Waals surface area (Å²) in [6, 6.07) is 0. The van der Waals surface area contributed by atoms with Crippen molar-refractivity contribution < 1.29 is 23.8 Å². The average Bonchev–Trinajstić information content (AvgIpc) is 2.73. The van der Waals surface area contributed by atoms with Gasteiger partial charge in [-0.25, -0.2) is 4.79 Å². The van der Waals surface area contributed by atoms with E-state index in [0.29, 0.717) is 12.3 Å². The van der Waals surface area contributed by atoms with Crippen LogP contribution < -0.4 is 0 Å². The van der Waals surface area contributed by atoms with Gasteiger partial charge in [-0.05, 0) is 24.5 Å². The lowest BCUT2D eigenvalue weighted by Crippen LogP contribution is -2.44. The average molecular weight is 313 g/mol. The molecule has 0 aromatic rings. The number of cyclic esters (lactones) is 2. The van der Waals surface area contributed by atoms with Gasteiger partial charge >= 0.3 is 12.1 Å². The van der Waals surface area contributed by atoms with Crippen LogP contribution in [0.1, 0.15) is 13.3 Å². The molecule has 0 atom stereocenters. The maximum atomic E-state index is 12.1. The molecule has 0 bridgehead atoms. The van der Waals surface area contributed by atoms with E-state index in [1.54, 1.807) is 6.92 Å². The Morgan fingerprint density at radius 3 is 2.76 bits per heavy atom. The molecule has 0 N–H and O–H groups in total. The smallest absolute Gasteiger partial charge is 0.461 e. The van der Waals surface area contributed by atoms with Crippen molar-refractivity contribution in [2.75, 3.05) is 25.7 Å². The predicted octanol–water partition coefficient (Wildman–Crippen LogP) is 2.75. The second kappa shape index (κ2) is 6.80. The number of ether oxygens (including phenoxy) is 3. The first kappa shape index (κ1) is 15.6. The van der Waals surface area contributed by atoms with Crippen LogP contribution in [0.5, 0.6) is 0 Å². The van der Waals surface area contributed by atoms with Gasteiger partial charge in [-0.3, -0.25) is 4.79 Å². The highest BCUT2D eigenvalue weighted by molar-refractivity contribution is 6.19. The van der Waals surface area contributed by atoms with Gasteiger partial charge in [0, 0.05) is 5.88 Å². The van der Waals surface area contributed by atoms with Crippen LogP contribution in [-0.2, 0) is 19.0 Å². The summed E-state index contributed by atoms with van der Waals surface area (Å²) in [4.78, 5) is 22.9. The predicted molar refractivity (Wildman–Crippen MR) is 77.0 cm³/mol. The van der Waals surface area contributed by atoms with E-state index in [1.165, 1.54) is 0 Å². The van der Waals surface area contributed by atoms with Crippen molar-refractivity contribution in [3.8, 4) is 0 Å². The summed E-state index contributed by atoms with van der Waals surface area (Å²) >= 11 is 5.77. The van der Waals surface area contributed by atoms with E-state index in [2.05, 4.69) is 0 Å². The number of rotatable bonds is 4. The maximum absolute atomic E-state index is 12.1. The fourth-order valence-corrected chi connectivity index (χ4v) is 2.05. The first-order valence-corrected chi connectivity index (χ1v) is 7.15. The lowest BCUT2D eigenvalue weighted by Gasteiger charge is -2.29. The second-order valence-electron chi connectivity index (χ2n) is 5.27. The number of carbonyl (C=O) groups excluding carboxylic acids is 2. The van der Waals surface area contributed by atoms with Crippen molar-refractivity contribution in [1.82, 2.24) is 0 Å². The molecule has 0 unspecified atom stereocenters. The van der Waals surface area contributed by atoms with Crippen LogP contribution >= 0.6 is 11.6 Å². The van der Waals surface area contributed by atoms with E-state index < -0.39 is 17.5 Å². The molecule has 2 rings (SSSR count). The standard InChI is InChI=1S/C15H17ClO5/c1-15(9-20-14(18)21-10-15)13(17)19-8-12-4-2-3-11(7-16)5-6-12/h2-3,5-6H,4,7-10H2,1H3. The van der Waals surface area contributed by atoms with Crippen molar-refractivity contribution in [3.05, 3.63) is 35.5 Å². The molecule has 0 aromatic carbocycles. The van der Waals surface area contributed by atoms with E-state index in [-0.39, 0.29) is 19.8 Å². The van der Waals surface area contributed by atoms with Crippen molar-refractivity contribution in [2.24, 2.45) is 5.41 Å². The highest BCUT2D eigenvalue weighted by Gasteiger charge is 2.41. The van der Waals surface area contributed by atoms with E-state index in [1.807, 2.05) is 24.3 Å². The lowest BCUT2D eigenvalue weighted by atomic mass is 9.92. The molecule has 2 aliphatic rings. The zero-order valence-corrected chi connectivity index (χ0v) is 12.5. The summed E-state index contributed by atoms with van der Waals surface area (Å²) in [5.74, 6) is 0.00609. The van der Waals surface area contributed by atoms with Crippen LogP contribution in [0.15, 0.2) is 35.5 Å². The van der Waals surface area contributed by atoms with Crippen LogP contribution in [0.4, 0.5) is 4.79 Å². The van der Waals surface area contributed by atoms with Gasteiger partial charge in [-0.2, -0.15) is 0 Å². The van der Waals surface area contributed by atoms with Crippen molar-refractivity contribution in [2.45, 2.75) is 13.3 Å². The third kappa shape index (κ3) is 4.11. The molecule has 0 aromatic heterocycles. The molecule has 5 nitrogen and oxygen atoms in total. The number of hydrogen-bond donors (Lipinski definition) is 0. The van der Waals surface area contributed by atoms with Gasteiger partial charge in [-0.1, -0.05) is 24.3 Å². The Morgan fingerprint density at radius 2 is 2.10 bits per heavy atom. The van der Waals surface area contributed by atoms with Gasteiger partial charge in [0.15, 0.2) is 0 Å². The molecule has 6 heteroatoms. The van der Waals surface area contributed by atoms with Gasteiger partial charge in [-0.15, -0.1) is 11.6 Å². The van der Waals surface area contributed by atoms with E-state index in [4.69, 9.17) is 25.8 Å². The topological polar surface area (TPSA) is 61.8 Å². The van der Waals surface area contributed by atoms with E-state index in [0.717, 1.165) is 11.1 Å². The number of hydrogen-bond acceptors (Lipinski definition) is 5. The first-order chi connectivity index (χ1) is 10.0. The Morgan fingerprint density at radius 1 is 1.38 bits per heavy atom. The highest BCUT2D eigenvalue weighted by atomic mass is 35.5. The summed E-state index contributed by atoms with van der Waals surface area (Å²) in [6.07, 6.45) is 7.70. The van der Waals surface area contributed by atoms with Gasteiger partial charge < -0.3 is 14.2 Å². The molecule has 0 spiro atoms. The van der Waals surface area contributed by atoms with Crippen LogP contribution in [-0.4, -0.2) is 37.8 Å². The quantitative estimate of drug-likeness (QED) is 0.590. The fourth-order valence-electron chi connectivity index (χ4n) is 1.88. The minimum absolute atomic E-state index is 0.0279. The molecule has 1 aliphatic heterocycles. The Kier molecular flexibility index (Phi) is 5.07. The van der Waals surface area contributed by atoms with Crippen LogP contribution in [0.2, 0.25) is 0 Å². The van der Waals surface area contributed by atoms with E-state index in [9.17, 15) is 9.59 Å². The third-order valence-electron chi connectivity index (χ3n) is 3.30. The SMILES string of the molecule is CC1(C(=O)OCC2=CC=C(CCl)C=CC2)COC(=O)OC1. The molecule has 114 valence electrons. The molecule has 21 heavy (non-hydrogen) atoms. The molecule has 1 fully saturated rings. The Bertz CT molecular complexity index is 508. The summed E-state index contributed by atoms with van der Waals surface area (Å²) in [5.41, 5.74) is 1.03. The lowest BCUT2D eigenvalue weighted by molar-refractivity contribution is -0.165. The maximum Gasteiger partial charge on any atom is 0.508 e. The second-order valence-corrected chi connectivity index (χ2v) is 5.54. The van der Waals surface area contributed by atoms with Gasteiger partial charge in [0.1, 0.15) is 25.2 Å². The Labute approximate surface area is 128 Å². The molecule has 0 amide bonds. The number of halogens is 1. The largest absolute Gasteiger partial charge is 0.508 e. The zero-order chi connectivity index (χ0) is 15.3.